The molecule has 0 spiro atoms. The molecule has 1 saturated carbocycles. The Balaban J connectivity index is 0.000000304. The number of carbonyl (C=O) groups is 2. The second-order valence-electron chi connectivity index (χ2n) is 3.97. The highest BCUT2D eigenvalue weighted by Crippen LogP contribution is 2.30. The predicted octanol–water partition coefficient (Wildman–Crippen LogP) is 2.05. The molecular weight excluding hydrogens is 222 g/mol. The molecule has 0 amide bonds. The molecule has 1 unspecified atom stereocenters. The summed E-state index contributed by atoms with van der Waals surface area (Å²) in [6, 6.07) is 2.31. The average molecular weight is 239 g/mol. The summed E-state index contributed by atoms with van der Waals surface area (Å²) in [4.78, 5) is 19.1. The molecule has 0 aromatic heterocycles. The maximum Gasteiger partial charge on any atom is 0.328 e. The predicted molar refractivity (Wildman–Crippen MR) is 61.1 cm³/mol. The zero-order chi connectivity index (χ0) is 13.3. The smallest absolute Gasteiger partial charge is 0.328 e. The molecule has 1 aliphatic carbocycles. The van der Waals surface area contributed by atoms with E-state index >= 15 is 0 Å². The summed E-state index contributed by atoms with van der Waals surface area (Å²) in [5.74, 6) is -1.50. The lowest BCUT2D eigenvalue weighted by atomic mass is 9.94. The molecule has 5 heteroatoms. The highest BCUT2D eigenvalue weighted by atomic mass is 16.4. The van der Waals surface area contributed by atoms with Crippen LogP contribution in [0.5, 0.6) is 0 Å². The monoisotopic (exact) mass is 239 g/mol. The van der Waals surface area contributed by atoms with Crippen molar-refractivity contribution in [2.45, 2.75) is 32.6 Å². The van der Waals surface area contributed by atoms with Crippen molar-refractivity contribution in [2.24, 2.45) is 11.8 Å². The van der Waals surface area contributed by atoms with Gasteiger partial charge in [-0.25, -0.2) is 9.59 Å². The first kappa shape index (κ1) is 15.2. The van der Waals surface area contributed by atoms with Crippen molar-refractivity contribution in [1.29, 1.82) is 5.26 Å². The van der Waals surface area contributed by atoms with Crippen molar-refractivity contribution in [3.8, 4) is 6.07 Å². The summed E-state index contributed by atoms with van der Waals surface area (Å²) < 4.78 is 0. The third-order valence-electron chi connectivity index (χ3n) is 2.68. The van der Waals surface area contributed by atoms with Crippen molar-refractivity contribution in [1.82, 2.24) is 0 Å². The van der Waals surface area contributed by atoms with E-state index in [1.807, 2.05) is 6.92 Å². The Hall–Kier alpha value is -1.83. The van der Waals surface area contributed by atoms with E-state index in [0.29, 0.717) is 18.1 Å². The number of carboxylic acids is 2. The molecule has 2 N–H and O–H groups in total. The molecule has 0 saturated heterocycles. The lowest BCUT2D eigenvalue weighted by Gasteiger charge is -2.08. The van der Waals surface area contributed by atoms with Crippen LogP contribution in [-0.4, -0.2) is 22.2 Å². The Morgan fingerprint density at radius 3 is 1.94 bits per heavy atom. The van der Waals surface area contributed by atoms with Crippen molar-refractivity contribution >= 4 is 11.9 Å². The van der Waals surface area contributed by atoms with Gasteiger partial charge in [-0.1, -0.05) is 12.8 Å². The van der Waals surface area contributed by atoms with Gasteiger partial charge < -0.3 is 10.2 Å². The van der Waals surface area contributed by atoms with Gasteiger partial charge in [-0.15, -0.1) is 0 Å². The fraction of sp³-hybridized carbons (Fsp3) is 0.583. The first-order valence-corrected chi connectivity index (χ1v) is 5.51. The molecule has 0 radical (unpaired) electrons. The molecule has 0 bridgehead atoms. The second kappa shape index (κ2) is 8.34. The largest absolute Gasteiger partial charge is 0.478 e. The summed E-state index contributed by atoms with van der Waals surface area (Å²) in [7, 11) is 0. The summed E-state index contributed by atoms with van der Waals surface area (Å²) >= 11 is 0. The Labute approximate surface area is 100 Å². The van der Waals surface area contributed by atoms with E-state index in [2.05, 4.69) is 6.07 Å². The number of nitriles is 1. The third-order valence-corrected chi connectivity index (χ3v) is 2.68. The maximum absolute atomic E-state index is 9.55. The van der Waals surface area contributed by atoms with Crippen molar-refractivity contribution in [2.75, 3.05) is 0 Å². The fourth-order valence-corrected chi connectivity index (χ4v) is 1.71. The summed E-state index contributed by atoms with van der Waals surface area (Å²) in [6.45, 7) is 2.04. The van der Waals surface area contributed by atoms with Crippen LogP contribution in [0.15, 0.2) is 12.2 Å². The van der Waals surface area contributed by atoms with Crippen LogP contribution in [0.25, 0.3) is 0 Å². The van der Waals surface area contributed by atoms with Gasteiger partial charge in [0.15, 0.2) is 0 Å². The van der Waals surface area contributed by atoms with Gasteiger partial charge in [0, 0.05) is 18.1 Å². The first-order chi connectivity index (χ1) is 7.97. The quantitative estimate of drug-likeness (QED) is 0.734. The summed E-state index contributed by atoms with van der Waals surface area (Å²) in [6.07, 6.45) is 6.38. The Bertz CT molecular complexity index is 308. The minimum absolute atomic E-state index is 0.299. The van der Waals surface area contributed by atoms with Gasteiger partial charge in [0.1, 0.15) is 0 Å². The zero-order valence-corrected chi connectivity index (χ0v) is 9.80. The third kappa shape index (κ3) is 8.03. The first-order valence-electron chi connectivity index (χ1n) is 5.51. The molecule has 1 atom stereocenters. The lowest BCUT2D eigenvalue weighted by Crippen LogP contribution is -2.03. The molecule has 0 aromatic carbocycles. The molecule has 5 nitrogen and oxygen atoms in total. The van der Waals surface area contributed by atoms with E-state index in [9.17, 15) is 9.59 Å². The number of rotatable bonds is 3. The fourth-order valence-electron chi connectivity index (χ4n) is 1.71. The molecule has 1 aliphatic rings. The van der Waals surface area contributed by atoms with E-state index in [0.717, 1.165) is 5.92 Å². The topological polar surface area (TPSA) is 98.4 Å². The average Bonchev–Trinajstić information content (AvgIpc) is 2.79. The van der Waals surface area contributed by atoms with Gasteiger partial charge in [0.25, 0.3) is 0 Å². The number of carboxylic acid groups (broad SMARTS) is 2. The van der Waals surface area contributed by atoms with E-state index in [-0.39, 0.29) is 0 Å². The molecular formula is C12H17NO4. The number of hydrogen-bond acceptors (Lipinski definition) is 3. The van der Waals surface area contributed by atoms with E-state index in [4.69, 9.17) is 15.5 Å². The van der Waals surface area contributed by atoms with Crippen LogP contribution in [0.3, 0.4) is 0 Å². The van der Waals surface area contributed by atoms with Crippen molar-refractivity contribution < 1.29 is 19.8 Å². The highest BCUT2D eigenvalue weighted by Gasteiger charge is 2.20. The van der Waals surface area contributed by atoms with Crippen LogP contribution < -0.4 is 0 Å². The van der Waals surface area contributed by atoms with Crippen LogP contribution in [-0.2, 0) is 9.59 Å². The van der Waals surface area contributed by atoms with Crippen LogP contribution in [0, 0.1) is 23.2 Å². The van der Waals surface area contributed by atoms with Crippen LogP contribution in [0.2, 0.25) is 0 Å². The number of hydrogen-bond donors (Lipinski definition) is 2. The van der Waals surface area contributed by atoms with Gasteiger partial charge in [0.2, 0.25) is 0 Å². The summed E-state index contributed by atoms with van der Waals surface area (Å²) in [5.41, 5.74) is 0. The minimum Gasteiger partial charge on any atom is -0.478 e. The SMILES string of the molecule is CC(C#N)C1CCCC1.O=C(O)/C=C\C(=O)O. The highest BCUT2D eigenvalue weighted by molar-refractivity contribution is 5.89. The Morgan fingerprint density at radius 2 is 1.65 bits per heavy atom. The van der Waals surface area contributed by atoms with Crippen LogP contribution in [0.1, 0.15) is 32.6 Å². The van der Waals surface area contributed by atoms with Crippen molar-refractivity contribution in [3.63, 3.8) is 0 Å². The van der Waals surface area contributed by atoms with E-state index in [1.165, 1.54) is 25.7 Å². The molecule has 1 fully saturated rings. The molecule has 0 aliphatic heterocycles. The molecule has 1 rings (SSSR count). The normalized spacial score (nSPS) is 16.9. The minimum atomic E-state index is -1.26. The molecule has 0 heterocycles. The molecule has 94 valence electrons. The standard InChI is InChI=1S/C8H13N.C4H4O4/c1-7(6-9)8-4-2-3-5-8;5-3(6)1-2-4(7)8/h7-8H,2-5H2,1H3;1-2H,(H,5,6)(H,7,8)/b;2-1-. The van der Waals surface area contributed by atoms with Gasteiger partial charge in [0.05, 0.1) is 6.07 Å². The van der Waals surface area contributed by atoms with E-state index < -0.39 is 11.9 Å². The van der Waals surface area contributed by atoms with Gasteiger partial charge in [-0.05, 0) is 25.7 Å². The molecule has 0 aromatic rings. The van der Waals surface area contributed by atoms with Gasteiger partial charge in [-0.2, -0.15) is 5.26 Å². The summed E-state index contributed by atoms with van der Waals surface area (Å²) in [5, 5.41) is 24.2. The van der Waals surface area contributed by atoms with Crippen LogP contribution >= 0.6 is 0 Å². The maximum atomic E-state index is 9.55. The number of aliphatic carboxylic acids is 2. The van der Waals surface area contributed by atoms with E-state index in [1.54, 1.807) is 0 Å². The van der Waals surface area contributed by atoms with Crippen molar-refractivity contribution in [3.05, 3.63) is 12.2 Å². The number of nitrogens with zero attached hydrogens (tertiary/aromatic N) is 1. The lowest BCUT2D eigenvalue weighted by molar-refractivity contribution is -0.134. The van der Waals surface area contributed by atoms with Crippen LogP contribution in [0.4, 0.5) is 0 Å². The Kier molecular flexibility index (Phi) is 7.44. The Morgan fingerprint density at radius 1 is 1.24 bits per heavy atom. The van der Waals surface area contributed by atoms with Gasteiger partial charge >= 0.3 is 11.9 Å². The van der Waals surface area contributed by atoms with Gasteiger partial charge in [-0.3, -0.25) is 0 Å². The zero-order valence-electron chi connectivity index (χ0n) is 9.80. The second-order valence-corrected chi connectivity index (χ2v) is 3.97. The molecule has 17 heavy (non-hydrogen) atoms.